The van der Waals surface area contributed by atoms with E-state index in [0.717, 1.165) is 16.5 Å². The van der Waals surface area contributed by atoms with E-state index in [1.165, 1.54) is 11.3 Å². The molecule has 1 unspecified atom stereocenters. The van der Waals surface area contributed by atoms with E-state index in [0.29, 0.717) is 45.9 Å². The van der Waals surface area contributed by atoms with Gasteiger partial charge < -0.3 is 18.6 Å². The Kier molecular flexibility index (Phi) is 6.27. The summed E-state index contributed by atoms with van der Waals surface area (Å²) < 4.78 is 22.0. The van der Waals surface area contributed by atoms with Crippen LogP contribution in [-0.4, -0.2) is 48.5 Å². The van der Waals surface area contributed by atoms with Crippen LogP contribution in [0.25, 0.3) is 21.7 Å². The van der Waals surface area contributed by atoms with E-state index in [2.05, 4.69) is 0 Å². The number of esters is 1. The van der Waals surface area contributed by atoms with Crippen molar-refractivity contribution in [2.45, 2.75) is 26.1 Å². The van der Waals surface area contributed by atoms with Gasteiger partial charge in [0.15, 0.2) is 16.8 Å². The Bertz CT molecular complexity index is 1380. The van der Waals surface area contributed by atoms with Crippen molar-refractivity contribution < 1.29 is 28.2 Å². The minimum Gasteiger partial charge on any atom is -0.497 e. The van der Waals surface area contributed by atoms with Crippen molar-refractivity contribution in [3.63, 3.8) is 0 Å². The van der Waals surface area contributed by atoms with E-state index in [1.807, 2.05) is 42.5 Å². The summed E-state index contributed by atoms with van der Waals surface area (Å²) in [7, 11) is 3.15. The Morgan fingerprint density at radius 3 is 2.74 bits per heavy atom. The molecule has 9 heteroatoms. The first-order chi connectivity index (χ1) is 17.0. The molecule has 180 valence electrons. The van der Waals surface area contributed by atoms with Crippen molar-refractivity contribution in [1.82, 2.24) is 9.88 Å². The van der Waals surface area contributed by atoms with Crippen LogP contribution in [-0.2, 0) is 22.6 Å². The minimum atomic E-state index is -1.07. The molecule has 1 aliphatic heterocycles. The number of para-hydroxylation sites is 1. The summed E-state index contributed by atoms with van der Waals surface area (Å²) in [4.78, 5) is 33.4. The Hall–Kier alpha value is -3.69. The number of hydrogen-bond acceptors (Lipinski definition) is 9. The molecule has 0 spiro atoms. The first-order valence-corrected chi connectivity index (χ1v) is 12.0. The van der Waals surface area contributed by atoms with Crippen LogP contribution in [0.5, 0.6) is 11.5 Å². The van der Waals surface area contributed by atoms with Crippen molar-refractivity contribution >= 4 is 34.1 Å². The first-order valence-electron chi connectivity index (χ1n) is 11.2. The van der Waals surface area contributed by atoms with Gasteiger partial charge in [-0.3, -0.25) is 9.69 Å². The maximum atomic E-state index is 13.6. The Morgan fingerprint density at radius 2 is 2.00 bits per heavy atom. The van der Waals surface area contributed by atoms with E-state index in [-0.39, 0.29) is 12.4 Å². The summed E-state index contributed by atoms with van der Waals surface area (Å²) in [6.45, 7) is 2.50. The normalized spacial score (nSPS) is 15.7. The highest BCUT2D eigenvalue weighted by Crippen LogP contribution is 2.37. The lowest BCUT2D eigenvalue weighted by Gasteiger charge is -2.32. The van der Waals surface area contributed by atoms with Gasteiger partial charge in [-0.05, 0) is 25.1 Å². The molecule has 5 rings (SSSR count). The molecule has 0 saturated heterocycles. The van der Waals surface area contributed by atoms with Crippen LogP contribution in [0.2, 0.25) is 0 Å². The topological polar surface area (TPSA) is 91.1 Å². The Morgan fingerprint density at radius 1 is 1.17 bits per heavy atom. The summed E-state index contributed by atoms with van der Waals surface area (Å²) in [6.07, 6.45) is 0. The van der Waals surface area contributed by atoms with E-state index < -0.39 is 12.0 Å². The molecule has 0 N–H and O–H groups in total. The van der Waals surface area contributed by atoms with Crippen molar-refractivity contribution in [3.05, 3.63) is 64.7 Å². The fourth-order valence-electron chi connectivity index (χ4n) is 4.24. The van der Waals surface area contributed by atoms with Crippen LogP contribution in [0.15, 0.2) is 52.9 Å². The van der Waals surface area contributed by atoms with Crippen molar-refractivity contribution in [3.8, 4) is 22.3 Å². The summed E-state index contributed by atoms with van der Waals surface area (Å²) in [6, 6.07) is 14.0. The minimum absolute atomic E-state index is 0.183. The van der Waals surface area contributed by atoms with E-state index >= 15 is 0 Å². The molecule has 0 fully saturated rings. The average molecular weight is 493 g/mol. The second-order valence-corrected chi connectivity index (χ2v) is 9.04. The molecule has 1 atom stereocenters. The number of furan rings is 1. The van der Waals surface area contributed by atoms with Gasteiger partial charge in [0.05, 0.1) is 31.4 Å². The summed E-state index contributed by atoms with van der Waals surface area (Å²) >= 11 is 1.24. The number of nitrogens with zero attached hydrogens (tertiary/aromatic N) is 2. The molecule has 3 heterocycles. The second kappa shape index (κ2) is 9.52. The lowest BCUT2D eigenvalue weighted by Crippen LogP contribution is -2.49. The summed E-state index contributed by atoms with van der Waals surface area (Å²) in [5.41, 5.74) is 2.18. The molecule has 4 aromatic rings. The number of ether oxygens (including phenoxy) is 3. The highest BCUT2D eigenvalue weighted by atomic mass is 32.1. The average Bonchev–Trinajstić information content (AvgIpc) is 3.49. The number of methoxy groups -OCH3 is 2. The zero-order chi connectivity index (χ0) is 24.5. The maximum absolute atomic E-state index is 13.6. The van der Waals surface area contributed by atoms with Gasteiger partial charge in [-0.2, -0.15) is 0 Å². The highest BCUT2D eigenvalue weighted by molar-refractivity contribution is 7.17. The molecule has 0 saturated carbocycles. The molecule has 0 bridgehead atoms. The van der Waals surface area contributed by atoms with E-state index in [9.17, 15) is 9.59 Å². The van der Waals surface area contributed by atoms with Gasteiger partial charge in [-0.1, -0.05) is 24.3 Å². The number of benzene rings is 2. The number of thiazole rings is 1. The zero-order valence-electron chi connectivity index (χ0n) is 19.6. The summed E-state index contributed by atoms with van der Waals surface area (Å²) in [5.74, 6) is 0.951. The standard InChI is InChI=1S/C26H24N2O6S/c1-4-33-26(30)22-23(29)24-18(14-28(22)13-16-9-10-17(31-2)12-20(16)32-3)27-25(35-24)21-11-15-7-5-6-8-19(15)34-21/h5-12,22H,4,13-14H2,1-3H3. The van der Waals surface area contributed by atoms with Crippen LogP contribution >= 0.6 is 11.3 Å². The second-order valence-electron chi connectivity index (χ2n) is 8.04. The SMILES string of the molecule is CCOC(=O)C1C(=O)c2sc(-c3cc4ccccc4o3)nc2CN1Cc1ccc(OC)cc1OC. The van der Waals surface area contributed by atoms with E-state index in [4.69, 9.17) is 23.6 Å². The zero-order valence-corrected chi connectivity index (χ0v) is 20.4. The largest absolute Gasteiger partial charge is 0.497 e. The number of ketones is 1. The molecule has 1 aliphatic rings. The van der Waals surface area contributed by atoms with Crippen LogP contribution < -0.4 is 9.47 Å². The van der Waals surface area contributed by atoms with Crippen molar-refractivity contribution in [2.75, 3.05) is 20.8 Å². The van der Waals surface area contributed by atoms with Gasteiger partial charge in [-0.25, -0.2) is 9.78 Å². The van der Waals surface area contributed by atoms with E-state index in [1.54, 1.807) is 32.1 Å². The molecular weight excluding hydrogens is 468 g/mol. The molecule has 0 aliphatic carbocycles. The lowest BCUT2D eigenvalue weighted by molar-refractivity contribution is -0.148. The monoisotopic (exact) mass is 492 g/mol. The number of carbonyl (C=O) groups is 2. The Labute approximate surface area is 206 Å². The highest BCUT2D eigenvalue weighted by Gasteiger charge is 2.42. The molecular formula is C26H24N2O6S. The van der Waals surface area contributed by atoms with Crippen LogP contribution in [0.1, 0.15) is 27.9 Å². The van der Waals surface area contributed by atoms with Crippen LogP contribution in [0.3, 0.4) is 0 Å². The quantitative estimate of drug-likeness (QED) is 0.271. The van der Waals surface area contributed by atoms with Crippen LogP contribution in [0, 0.1) is 0 Å². The maximum Gasteiger partial charge on any atom is 0.331 e. The predicted octanol–water partition coefficient (Wildman–Crippen LogP) is 4.70. The number of aromatic nitrogens is 1. The van der Waals surface area contributed by atoms with Gasteiger partial charge in [-0.15, -0.1) is 11.3 Å². The number of fused-ring (bicyclic) bond motifs is 2. The van der Waals surface area contributed by atoms with Gasteiger partial charge in [0.1, 0.15) is 17.1 Å². The molecule has 2 aromatic carbocycles. The fourth-order valence-corrected chi connectivity index (χ4v) is 5.23. The first kappa shape index (κ1) is 23.1. The third-order valence-corrected chi connectivity index (χ3v) is 7.03. The smallest absolute Gasteiger partial charge is 0.331 e. The van der Waals surface area contributed by atoms with Crippen molar-refractivity contribution in [1.29, 1.82) is 0 Å². The van der Waals surface area contributed by atoms with Gasteiger partial charge in [0.25, 0.3) is 0 Å². The lowest BCUT2D eigenvalue weighted by atomic mass is 10.0. The van der Waals surface area contributed by atoms with Crippen molar-refractivity contribution in [2.24, 2.45) is 0 Å². The Balaban J connectivity index is 1.51. The molecule has 8 nitrogen and oxygen atoms in total. The van der Waals surface area contributed by atoms with Gasteiger partial charge in [0, 0.05) is 30.1 Å². The molecule has 0 radical (unpaired) electrons. The fraction of sp³-hybridized carbons (Fsp3) is 0.269. The van der Waals surface area contributed by atoms with Gasteiger partial charge in [0.2, 0.25) is 5.78 Å². The van der Waals surface area contributed by atoms with Crippen LogP contribution in [0.4, 0.5) is 0 Å². The number of Topliss-reactive ketones (excluding diaryl/α,β-unsaturated/α-hetero) is 1. The molecule has 0 amide bonds. The third kappa shape index (κ3) is 4.28. The molecule has 35 heavy (non-hydrogen) atoms. The number of carbonyl (C=O) groups excluding carboxylic acids is 2. The van der Waals surface area contributed by atoms with Gasteiger partial charge >= 0.3 is 5.97 Å². The summed E-state index contributed by atoms with van der Waals surface area (Å²) in [5, 5.41) is 1.56. The third-order valence-electron chi connectivity index (χ3n) is 5.90. The number of rotatable bonds is 7. The predicted molar refractivity (Wildman–Crippen MR) is 131 cm³/mol. The molecule has 2 aromatic heterocycles. The number of hydrogen-bond donors (Lipinski definition) is 0.